The van der Waals surface area contributed by atoms with Gasteiger partial charge >= 0.3 is 0 Å². The van der Waals surface area contributed by atoms with Crippen LogP contribution in [-0.4, -0.2) is 32.4 Å². The molecule has 8 heteroatoms. The summed E-state index contributed by atoms with van der Waals surface area (Å²) in [6.07, 6.45) is 0.929. The summed E-state index contributed by atoms with van der Waals surface area (Å²) in [6, 6.07) is 1.77. The number of fused-ring (bicyclic) bond motifs is 1. The second-order valence-electron chi connectivity index (χ2n) is 3.72. The fraction of sp³-hybridized carbons (Fsp3) is 0.556. The molecule has 0 amide bonds. The van der Waals surface area contributed by atoms with Crippen LogP contribution in [0.4, 0.5) is 0 Å². The molecule has 1 unspecified atom stereocenters. The van der Waals surface area contributed by atoms with Crippen molar-refractivity contribution in [3.63, 3.8) is 0 Å². The number of nitrogens with one attached hydrogen (secondary N) is 1. The number of aliphatic hydroxyl groups is 1. The summed E-state index contributed by atoms with van der Waals surface area (Å²) in [5.74, 6) is 0.945. The summed E-state index contributed by atoms with van der Waals surface area (Å²) in [4.78, 5) is 0. The Balaban J connectivity index is 2.28. The monoisotopic (exact) mass is 294 g/mol. The smallest absolute Gasteiger partial charge is 0.247 e. The van der Waals surface area contributed by atoms with Gasteiger partial charge in [-0.05, 0) is 18.1 Å². The molecule has 1 aliphatic heterocycles. The van der Waals surface area contributed by atoms with Crippen molar-refractivity contribution in [1.29, 1.82) is 0 Å². The second-order valence-corrected chi connectivity index (χ2v) is 7.92. The van der Waals surface area contributed by atoms with Crippen molar-refractivity contribution in [2.75, 3.05) is 18.9 Å². The van der Waals surface area contributed by atoms with E-state index in [-0.39, 0.29) is 16.9 Å². The van der Waals surface area contributed by atoms with E-state index >= 15 is 0 Å². The first kappa shape index (κ1) is 13.3. The fourth-order valence-corrected chi connectivity index (χ4v) is 5.25. The molecule has 96 valence electrons. The zero-order valence-corrected chi connectivity index (χ0v) is 11.5. The van der Waals surface area contributed by atoms with Gasteiger partial charge in [0.2, 0.25) is 10.0 Å². The first-order chi connectivity index (χ1) is 8.02. The van der Waals surface area contributed by atoms with Gasteiger partial charge < -0.3 is 10.4 Å². The molecular formula is C9H14N2O3S3. The predicted molar refractivity (Wildman–Crippen MR) is 68.9 cm³/mol. The van der Waals surface area contributed by atoms with Crippen LogP contribution in [0.5, 0.6) is 0 Å². The lowest BCUT2D eigenvalue weighted by Gasteiger charge is -2.22. The van der Waals surface area contributed by atoms with Gasteiger partial charge in [0.25, 0.3) is 0 Å². The molecule has 4 N–H and O–H groups in total. The average Bonchev–Trinajstić information content (AvgIpc) is 2.70. The summed E-state index contributed by atoms with van der Waals surface area (Å²) in [5.41, 5.74) is 0.990. The predicted octanol–water partition coefficient (Wildman–Crippen LogP) is 0.514. The van der Waals surface area contributed by atoms with Crippen molar-refractivity contribution < 1.29 is 13.5 Å². The summed E-state index contributed by atoms with van der Waals surface area (Å²) < 4.78 is 23.8. The molecule has 1 aromatic rings. The number of sulfonamides is 1. The molecule has 0 aromatic carbocycles. The van der Waals surface area contributed by atoms with Gasteiger partial charge in [0.05, 0.1) is 10.8 Å². The normalized spacial score (nSPS) is 20.2. The molecule has 0 fully saturated rings. The van der Waals surface area contributed by atoms with Gasteiger partial charge in [-0.1, -0.05) is 0 Å². The third kappa shape index (κ3) is 3.01. The van der Waals surface area contributed by atoms with Gasteiger partial charge in [0.1, 0.15) is 4.21 Å². The molecular weight excluding hydrogens is 280 g/mol. The zero-order valence-electron chi connectivity index (χ0n) is 9.05. The third-order valence-corrected chi connectivity index (χ3v) is 6.41. The number of thiophene rings is 1. The maximum atomic E-state index is 11.3. The van der Waals surface area contributed by atoms with Crippen LogP contribution in [0.1, 0.15) is 18.0 Å². The van der Waals surface area contributed by atoms with Crippen LogP contribution in [0.15, 0.2) is 14.5 Å². The van der Waals surface area contributed by atoms with Crippen LogP contribution < -0.4 is 10.5 Å². The van der Waals surface area contributed by atoms with Gasteiger partial charge in [-0.15, -0.1) is 23.1 Å². The Bertz CT molecular complexity index is 498. The van der Waals surface area contributed by atoms with Crippen molar-refractivity contribution in [1.82, 2.24) is 5.32 Å². The lowest BCUT2D eigenvalue weighted by atomic mass is 10.1. The van der Waals surface area contributed by atoms with Crippen LogP contribution in [0.25, 0.3) is 0 Å². The van der Waals surface area contributed by atoms with E-state index < -0.39 is 10.0 Å². The summed E-state index contributed by atoms with van der Waals surface area (Å²) in [5, 5.41) is 17.1. The Hall–Kier alpha value is -0.120. The van der Waals surface area contributed by atoms with Gasteiger partial charge in [0.15, 0.2) is 0 Å². The Kier molecular flexibility index (Phi) is 4.11. The van der Waals surface area contributed by atoms with E-state index in [0.29, 0.717) is 6.54 Å². The largest absolute Gasteiger partial charge is 0.395 e. The molecule has 0 bridgehead atoms. The number of aliphatic hydroxyl groups excluding tert-OH is 1. The molecule has 2 heterocycles. The van der Waals surface area contributed by atoms with E-state index in [9.17, 15) is 8.42 Å². The second kappa shape index (κ2) is 5.25. The van der Waals surface area contributed by atoms with E-state index in [4.69, 9.17) is 10.2 Å². The number of rotatable bonds is 4. The Morgan fingerprint density at radius 3 is 3.00 bits per heavy atom. The maximum absolute atomic E-state index is 11.3. The zero-order chi connectivity index (χ0) is 12.5. The van der Waals surface area contributed by atoms with Crippen molar-refractivity contribution in [2.24, 2.45) is 5.14 Å². The Morgan fingerprint density at radius 1 is 1.59 bits per heavy atom. The molecule has 0 saturated heterocycles. The highest BCUT2D eigenvalue weighted by molar-refractivity contribution is 8.01. The van der Waals surface area contributed by atoms with Gasteiger partial charge in [-0.25, -0.2) is 13.6 Å². The maximum Gasteiger partial charge on any atom is 0.247 e. The molecule has 0 spiro atoms. The summed E-state index contributed by atoms with van der Waals surface area (Å²) in [6.45, 7) is 0.584. The lowest BCUT2D eigenvalue weighted by molar-refractivity contribution is 0.283. The number of thioether (sulfide) groups is 1. The quantitative estimate of drug-likeness (QED) is 0.752. The molecule has 1 aliphatic rings. The van der Waals surface area contributed by atoms with E-state index in [2.05, 4.69) is 5.32 Å². The van der Waals surface area contributed by atoms with Crippen molar-refractivity contribution in [3.8, 4) is 0 Å². The molecule has 17 heavy (non-hydrogen) atoms. The summed E-state index contributed by atoms with van der Waals surface area (Å²) in [7, 11) is -3.61. The highest BCUT2D eigenvalue weighted by atomic mass is 32.3. The molecule has 0 radical (unpaired) electrons. The number of primary sulfonamides is 1. The first-order valence-electron chi connectivity index (χ1n) is 5.16. The average molecular weight is 294 g/mol. The topological polar surface area (TPSA) is 92.4 Å². The summed E-state index contributed by atoms with van der Waals surface area (Å²) >= 11 is 2.89. The molecule has 0 aliphatic carbocycles. The highest BCUT2D eigenvalue weighted by Gasteiger charge is 2.25. The van der Waals surface area contributed by atoms with Crippen molar-refractivity contribution in [3.05, 3.63) is 11.6 Å². The number of hydrogen-bond donors (Lipinski definition) is 3. The molecule has 5 nitrogen and oxygen atoms in total. The lowest BCUT2D eigenvalue weighted by Crippen LogP contribution is -2.26. The minimum Gasteiger partial charge on any atom is -0.395 e. The minimum absolute atomic E-state index is 0.0746. The standard InChI is InChI=1S/C9H14N2O3S3/c10-17(13,14)8-5-6-7(11-2-3-12)1-4-15-9(6)16-8/h5,7,11-12H,1-4H2,(H2,10,13,14). The van der Waals surface area contributed by atoms with Crippen LogP contribution >= 0.6 is 23.1 Å². The van der Waals surface area contributed by atoms with E-state index in [1.165, 1.54) is 11.3 Å². The number of nitrogens with two attached hydrogens (primary N) is 1. The van der Waals surface area contributed by atoms with Gasteiger partial charge in [0, 0.05) is 18.3 Å². The van der Waals surface area contributed by atoms with Gasteiger partial charge in [-0.3, -0.25) is 0 Å². The SMILES string of the molecule is NS(=O)(=O)c1cc2c(s1)SCCC2NCCO. The number of hydrogen-bond acceptors (Lipinski definition) is 6. The van der Waals surface area contributed by atoms with Gasteiger partial charge in [-0.2, -0.15) is 0 Å². The molecule has 2 rings (SSSR count). The van der Waals surface area contributed by atoms with Crippen LogP contribution in [0, 0.1) is 0 Å². The Labute approximate surface area is 108 Å². The van der Waals surface area contributed by atoms with Crippen molar-refractivity contribution in [2.45, 2.75) is 20.9 Å². The fourth-order valence-electron chi connectivity index (χ4n) is 1.74. The Morgan fingerprint density at radius 2 is 2.35 bits per heavy atom. The van der Waals surface area contributed by atoms with Crippen LogP contribution in [0.2, 0.25) is 0 Å². The van der Waals surface area contributed by atoms with Crippen molar-refractivity contribution >= 4 is 33.1 Å². The molecule has 1 aromatic heterocycles. The molecule has 0 saturated carbocycles. The first-order valence-corrected chi connectivity index (χ1v) is 8.51. The highest BCUT2D eigenvalue weighted by Crippen LogP contribution is 2.42. The van der Waals surface area contributed by atoms with Crippen LogP contribution in [0.3, 0.4) is 0 Å². The third-order valence-electron chi connectivity index (χ3n) is 2.50. The van der Waals surface area contributed by atoms with E-state index in [1.807, 2.05) is 0 Å². The van der Waals surface area contributed by atoms with E-state index in [0.717, 1.165) is 21.9 Å². The molecule has 1 atom stereocenters. The minimum atomic E-state index is -3.61. The van der Waals surface area contributed by atoms with E-state index in [1.54, 1.807) is 17.8 Å². The van der Waals surface area contributed by atoms with Crippen LogP contribution in [-0.2, 0) is 10.0 Å².